The van der Waals surface area contributed by atoms with Crippen molar-refractivity contribution in [3.05, 3.63) is 83.0 Å². The van der Waals surface area contributed by atoms with Crippen molar-refractivity contribution in [3.63, 3.8) is 0 Å². The average molecular weight is 529 g/mol. The van der Waals surface area contributed by atoms with Crippen LogP contribution in [0.25, 0.3) is 10.9 Å². The fourth-order valence-corrected chi connectivity index (χ4v) is 5.54. The van der Waals surface area contributed by atoms with Crippen LogP contribution in [0, 0.1) is 11.3 Å². The molecule has 3 aromatic carbocycles. The summed E-state index contributed by atoms with van der Waals surface area (Å²) in [6.07, 6.45) is 1.37. The van der Waals surface area contributed by atoms with E-state index >= 15 is 0 Å². The Morgan fingerprint density at radius 3 is 2.53 bits per heavy atom. The van der Waals surface area contributed by atoms with E-state index in [0.29, 0.717) is 17.1 Å². The highest BCUT2D eigenvalue weighted by Gasteiger charge is 2.42. The molecule has 0 saturated carbocycles. The minimum absolute atomic E-state index is 0.0464. The first-order valence-corrected chi connectivity index (χ1v) is 12.7. The number of aromatic nitrogens is 1. The first-order valence-electron chi connectivity index (χ1n) is 11.2. The summed E-state index contributed by atoms with van der Waals surface area (Å²) in [6.45, 7) is -0.101. The van der Waals surface area contributed by atoms with E-state index in [1.807, 2.05) is 6.07 Å². The number of carbonyl (C=O) groups is 2. The summed E-state index contributed by atoms with van der Waals surface area (Å²) in [6, 6.07) is 15.1. The van der Waals surface area contributed by atoms with Gasteiger partial charge in [0.2, 0.25) is 6.79 Å². The van der Waals surface area contributed by atoms with Crippen molar-refractivity contribution in [3.8, 4) is 23.3 Å². The fourth-order valence-electron chi connectivity index (χ4n) is 4.45. The molecule has 1 aromatic heterocycles. The van der Waals surface area contributed by atoms with Crippen LogP contribution >= 0.6 is 0 Å². The second-order valence-electron chi connectivity index (χ2n) is 8.50. The van der Waals surface area contributed by atoms with Crippen molar-refractivity contribution < 1.29 is 32.6 Å². The van der Waals surface area contributed by atoms with E-state index in [-0.39, 0.29) is 51.5 Å². The van der Waals surface area contributed by atoms with Crippen LogP contribution in [0.2, 0.25) is 0 Å². The maximum atomic E-state index is 13.6. The van der Waals surface area contributed by atoms with Gasteiger partial charge in [0.25, 0.3) is 21.8 Å². The lowest BCUT2D eigenvalue weighted by atomic mass is 10.0. The Labute approximate surface area is 215 Å². The Balaban J connectivity index is 1.46. The first kappa shape index (κ1) is 23.3. The maximum absolute atomic E-state index is 13.6. The monoisotopic (exact) mass is 528 g/mol. The maximum Gasteiger partial charge on any atom is 0.265 e. The number of hydrogen-bond donors (Lipinski definition) is 2. The highest BCUT2D eigenvalue weighted by atomic mass is 32.2. The Morgan fingerprint density at radius 2 is 1.76 bits per heavy atom. The molecular formula is C26H16N4O7S. The largest absolute Gasteiger partial charge is 0.505 e. The molecule has 188 valence electrons. The molecule has 3 heterocycles. The van der Waals surface area contributed by atoms with Crippen LogP contribution in [-0.4, -0.2) is 42.0 Å². The molecule has 0 fully saturated rings. The number of nitrogens with zero attached hydrogens (tertiary/aromatic N) is 3. The third-order valence-corrected chi connectivity index (χ3v) is 7.63. The highest BCUT2D eigenvalue weighted by Crippen LogP contribution is 2.43. The Kier molecular flexibility index (Phi) is 5.18. The number of anilines is 1. The van der Waals surface area contributed by atoms with Crippen LogP contribution in [0.15, 0.2) is 65.7 Å². The van der Waals surface area contributed by atoms with Crippen LogP contribution in [0.5, 0.6) is 17.2 Å². The Morgan fingerprint density at radius 1 is 1.03 bits per heavy atom. The van der Waals surface area contributed by atoms with Gasteiger partial charge in [0, 0.05) is 11.6 Å². The number of benzene rings is 3. The topological polar surface area (TPSA) is 159 Å². The lowest BCUT2D eigenvalue weighted by Gasteiger charge is -2.15. The number of pyridine rings is 1. The minimum Gasteiger partial charge on any atom is -0.505 e. The number of sulfonamides is 1. The molecule has 0 unspecified atom stereocenters. The molecule has 0 atom stereocenters. The van der Waals surface area contributed by atoms with Crippen molar-refractivity contribution >= 4 is 38.4 Å². The average Bonchev–Trinajstić information content (AvgIpc) is 3.49. The quantitative estimate of drug-likeness (QED) is 0.293. The van der Waals surface area contributed by atoms with Crippen molar-refractivity contribution in [2.75, 3.05) is 11.5 Å². The molecule has 0 spiro atoms. The molecule has 0 saturated heterocycles. The van der Waals surface area contributed by atoms with Gasteiger partial charge in [-0.2, -0.15) is 5.26 Å². The fraction of sp³-hybridized carbons (Fsp3) is 0.0769. The van der Waals surface area contributed by atoms with Gasteiger partial charge in [-0.1, -0.05) is 6.07 Å². The number of phenolic OH excluding ortho intramolecular Hbond substituents is 1. The number of nitrogens with one attached hydrogen (secondary N) is 1. The second kappa shape index (κ2) is 8.46. The van der Waals surface area contributed by atoms with Crippen LogP contribution in [-0.2, 0) is 16.6 Å². The summed E-state index contributed by atoms with van der Waals surface area (Å²) < 4.78 is 39.7. The zero-order chi connectivity index (χ0) is 26.6. The predicted octanol–water partition coefficient (Wildman–Crippen LogP) is 3.14. The summed E-state index contributed by atoms with van der Waals surface area (Å²) in [5.74, 6) is -1.12. The van der Waals surface area contributed by atoms with E-state index in [0.717, 1.165) is 4.90 Å². The minimum atomic E-state index is -4.27. The second-order valence-corrected chi connectivity index (χ2v) is 10.2. The van der Waals surface area contributed by atoms with Crippen molar-refractivity contribution in [1.29, 1.82) is 5.26 Å². The van der Waals surface area contributed by atoms with Crippen molar-refractivity contribution in [2.24, 2.45) is 0 Å². The Bertz CT molecular complexity index is 1830. The number of carbonyl (C=O) groups excluding carboxylic acids is 2. The third kappa shape index (κ3) is 3.56. The predicted molar refractivity (Wildman–Crippen MR) is 132 cm³/mol. The number of ether oxygens (including phenoxy) is 2. The number of rotatable bonds is 5. The van der Waals surface area contributed by atoms with Crippen LogP contribution in [0.3, 0.4) is 0 Å². The number of fused-ring (bicyclic) bond motifs is 3. The Hall–Kier alpha value is -5.15. The van der Waals surface area contributed by atoms with E-state index in [9.17, 15) is 23.1 Å². The van der Waals surface area contributed by atoms with Gasteiger partial charge in [-0.25, -0.2) is 8.42 Å². The van der Waals surface area contributed by atoms with Gasteiger partial charge in [0.1, 0.15) is 5.52 Å². The number of phenols is 1. The SMILES string of the molecule is N#Cc1ccc(S(=O)(=O)Nc2c3c(c(O)c4ncccc24)C(=O)N(Cc2ccc4c(c2)OCO4)C3=O)cc1. The number of imide groups is 1. The lowest BCUT2D eigenvalue weighted by molar-refractivity contribution is 0.0641. The van der Waals surface area contributed by atoms with E-state index in [2.05, 4.69) is 9.71 Å². The normalized spacial score (nSPS) is 14.0. The molecule has 11 nitrogen and oxygen atoms in total. The molecule has 0 bridgehead atoms. The van der Waals surface area contributed by atoms with Gasteiger partial charge in [-0.15, -0.1) is 0 Å². The molecule has 2 aliphatic rings. The molecule has 2 aliphatic heterocycles. The third-order valence-electron chi connectivity index (χ3n) is 6.26. The molecule has 2 amide bonds. The van der Waals surface area contributed by atoms with E-state index in [1.54, 1.807) is 18.2 Å². The summed E-state index contributed by atoms with van der Waals surface area (Å²) >= 11 is 0. The molecular weight excluding hydrogens is 512 g/mol. The number of amides is 2. The molecule has 0 radical (unpaired) electrons. The van der Waals surface area contributed by atoms with Crippen LogP contribution < -0.4 is 14.2 Å². The van der Waals surface area contributed by atoms with Gasteiger partial charge >= 0.3 is 0 Å². The van der Waals surface area contributed by atoms with E-state index < -0.39 is 27.6 Å². The highest BCUT2D eigenvalue weighted by molar-refractivity contribution is 7.92. The molecule has 0 aliphatic carbocycles. The van der Waals surface area contributed by atoms with E-state index in [1.165, 1.54) is 42.6 Å². The summed E-state index contributed by atoms with van der Waals surface area (Å²) in [5, 5.41) is 20.1. The smallest absolute Gasteiger partial charge is 0.265 e. The van der Waals surface area contributed by atoms with Crippen LogP contribution in [0.1, 0.15) is 31.8 Å². The van der Waals surface area contributed by atoms with Gasteiger partial charge in [0.15, 0.2) is 17.2 Å². The van der Waals surface area contributed by atoms with Gasteiger partial charge in [0.05, 0.1) is 39.9 Å². The van der Waals surface area contributed by atoms with Gasteiger partial charge < -0.3 is 14.6 Å². The molecule has 38 heavy (non-hydrogen) atoms. The summed E-state index contributed by atoms with van der Waals surface area (Å²) in [4.78, 5) is 31.9. The van der Waals surface area contributed by atoms with Crippen molar-refractivity contribution in [1.82, 2.24) is 9.88 Å². The van der Waals surface area contributed by atoms with Crippen molar-refractivity contribution in [2.45, 2.75) is 11.4 Å². The molecule has 2 N–H and O–H groups in total. The number of nitriles is 1. The number of hydrogen-bond acceptors (Lipinski definition) is 9. The van der Waals surface area contributed by atoms with Crippen LogP contribution in [0.4, 0.5) is 5.69 Å². The van der Waals surface area contributed by atoms with E-state index in [4.69, 9.17) is 14.7 Å². The zero-order valence-corrected chi connectivity index (χ0v) is 20.2. The summed E-state index contributed by atoms with van der Waals surface area (Å²) in [5.41, 5.74) is -0.0354. The zero-order valence-electron chi connectivity index (χ0n) is 19.3. The summed E-state index contributed by atoms with van der Waals surface area (Å²) in [7, 11) is -4.27. The first-order chi connectivity index (χ1) is 18.3. The standard InChI is InChI=1S/C26H16N4O7S/c27-11-14-3-6-16(7-4-14)38(34,35)29-22-17-2-1-9-28-23(17)24(31)21-20(22)25(32)30(26(21)33)12-15-5-8-18-19(10-15)37-13-36-18/h1-10,29,31H,12-13H2. The molecule has 6 rings (SSSR count). The molecule has 4 aromatic rings. The van der Waals surface area contributed by atoms with Gasteiger partial charge in [-0.3, -0.25) is 24.2 Å². The number of aromatic hydroxyl groups is 1. The van der Waals surface area contributed by atoms with Gasteiger partial charge in [-0.05, 0) is 54.1 Å². The lowest BCUT2D eigenvalue weighted by Crippen LogP contribution is -2.29. The molecule has 12 heteroatoms.